The summed E-state index contributed by atoms with van der Waals surface area (Å²) in [6.45, 7) is 6.45. The molecular formula is C27H30N4O3. The lowest BCUT2D eigenvalue weighted by Crippen LogP contribution is -2.56. The first-order valence-electron chi connectivity index (χ1n) is 12.0. The second-order valence-corrected chi connectivity index (χ2v) is 9.69. The molecule has 0 aliphatic carbocycles. The number of fused-ring (bicyclic) bond motifs is 7. The zero-order valence-corrected chi connectivity index (χ0v) is 19.7. The minimum absolute atomic E-state index is 0.154. The summed E-state index contributed by atoms with van der Waals surface area (Å²) in [5.74, 6) is -0.199. The Balaban J connectivity index is 1.46. The second-order valence-electron chi connectivity index (χ2n) is 9.69. The molecule has 0 bridgehead atoms. The Bertz CT molecular complexity index is 1280. The molecule has 176 valence electrons. The number of aromatic nitrogens is 1. The summed E-state index contributed by atoms with van der Waals surface area (Å²) in [5.41, 5.74) is 4.52. The summed E-state index contributed by atoms with van der Waals surface area (Å²) in [6.07, 6.45) is 1.27. The van der Waals surface area contributed by atoms with Crippen LogP contribution in [0.5, 0.6) is 0 Å². The van der Waals surface area contributed by atoms with Gasteiger partial charge < -0.3 is 20.5 Å². The Morgan fingerprint density at radius 3 is 2.62 bits per heavy atom. The third-order valence-electron chi connectivity index (χ3n) is 6.93. The molecule has 3 aromatic rings. The van der Waals surface area contributed by atoms with Crippen molar-refractivity contribution in [3.05, 3.63) is 70.9 Å². The molecule has 34 heavy (non-hydrogen) atoms. The second kappa shape index (κ2) is 8.63. The van der Waals surface area contributed by atoms with Crippen LogP contribution in [0.4, 0.5) is 0 Å². The van der Waals surface area contributed by atoms with Gasteiger partial charge in [-0.25, -0.2) is 0 Å². The van der Waals surface area contributed by atoms with Gasteiger partial charge in [0, 0.05) is 35.1 Å². The zero-order valence-electron chi connectivity index (χ0n) is 19.7. The summed E-state index contributed by atoms with van der Waals surface area (Å²) in [7, 11) is 0. The third kappa shape index (κ3) is 3.65. The zero-order chi connectivity index (χ0) is 24.0. The van der Waals surface area contributed by atoms with Crippen LogP contribution in [0.3, 0.4) is 0 Å². The smallest absolute Gasteiger partial charge is 0.255 e. The molecule has 0 spiro atoms. The van der Waals surface area contributed by atoms with E-state index in [1.54, 1.807) is 11.8 Å². The molecular weight excluding hydrogens is 428 g/mol. The van der Waals surface area contributed by atoms with Gasteiger partial charge in [0.1, 0.15) is 12.1 Å². The van der Waals surface area contributed by atoms with Crippen molar-refractivity contribution < 1.29 is 14.4 Å². The van der Waals surface area contributed by atoms with E-state index in [0.29, 0.717) is 24.4 Å². The molecule has 0 fully saturated rings. The highest BCUT2D eigenvalue weighted by atomic mass is 16.2. The van der Waals surface area contributed by atoms with Gasteiger partial charge in [0.25, 0.3) is 5.91 Å². The Labute approximate surface area is 198 Å². The Hall–Kier alpha value is -3.61. The van der Waals surface area contributed by atoms with Crippen molar-refractivity contribution in [2.45, 2.75) is 51.7 Å². The van der Waals surface area contributed by atoms with E-state index in [1.807, 2.05) is 48.5 Å². The van der Waals surface area contributed by atoms with E-state index in [1.165, 1.54) is 0 Å². The normalized spacial score (nSPS) is 19.5. The van der Waals surface area contributed by atoms with Crippen LogP contribution in [0.1, 0.15) is 60.4 Å². The van der Waals surface area contributed by atoms with Crippen molar-refractivity contribution in [3.8, 4) is 0 Å². The average molecular weight is 459 g/mol. The molecule has 2 aliphatic rings. The number of benzene rings is 2. The van der Waals surface area contributed by atoms with E-state index in [-0.39, 0.29) is 23.8 Å². The van der Waals surface area contributed by atoms with E-state index < -0.39 is 12.1 Å². The molecule has 3 atom stereocenters. The average Bonchev–Trinajstić information content (AvgIpc) is 3.34. The quantitative estimate of drug-likeness (QED) is 0.529. The number of nitrogens with one attached hydrogen (secondary N) is 3. The number of hydrogen-bond acceptors (Lipinski definition) is 3. The van der Waals surface area contributed by atoms with Gasteiger partial charge in [-0.3, -0.25) is 14.4 Å². The van der Waals surface area contributed by atoms with Crippen molar-refractivity contribution in [2.75, 3.05) is 6.54 Å². The van der Waals surface area contributed by atoms with E-state index in [4.69, 9.17) is 0 Å². The van der Waals surface area contributed by atoms with Crippen molar-refractivity contribution in [3.63, 3.8) is 0 Å². The van der Waals surface area contributed by atoms with E-state index >= 15 is 0 Å². The van der Waals surface area contributed by atoms with E-state index in [0.717, 1.165) is 34.1 Å². The number of carbonyl (C=O) groups excluding carboxylic acids is 3. The van der Waals surface area contributed by atoms with Crippen LogP contribution in [0.15, 0.2) is 48.5 Å². The third-order valence-corrected chi connectivity index (χ3v) is 6.93. The highest BCUT2D eigenvalue weighted by Crippen LogP contribution is 2.46. The molecule has 0 saturated heterocycles. The molecule has 2 aromatic carbocycles. The predicted molar refractivity (Wildman–Crippen MR) is 130 cm³/mol. The van der Waals surface area contributed by atoms with Crippen LogP contribution in [0.25, 0.3) is 10.9 Å². The van der Waals surface area contributed by atoms with Crippen LogP contribution in [0.2, 0.25) is 0 Å². The van der Waals surface area contributed by atoms with Gasteiger partial charge >= 0.3 is 0 Å². The largest absolute Gasteiger partial charge is 0.356 e. The Morgan fingerprint density at radius 2 is 1.82 bits per heavy atom. The number of nitrogens with zero attached hydrogens (tertiary/aromatic N) is 1. The lowest BCUT2D eigenvalue weighted by molar-refractivity contribution is -0.131. The standard InChI is InChI=1S/C27H30N4O3/c1-15(2)12-13-28-25(32)16(3)29-26(33)22-14-20-17-8-6-7-11-21(17)30-23(20)24-18-9-4-5-10-19(18)27(34)31(22)24/h4-11,15-16,22,24,30H,12-14H2,1-3H3,(H,28,32)(H,29,33)/t16-,22+,24-/m0/s1. The fourth-order valence-corrected chi connectivity index (χ4v) is 5.15. The topological polar surface area (TPSA) is 94.3 Å². The van der Waals surface area contributed by atoms with Crippen molar-refractivity contribution >= 4 is 28.6 Å². The molecule has 7 nitrogen and oxygen atoms in total. The SMILES string of the molecule is CC(C)CCNC(=O)[C@H](C)NC(=O)[C@H]1Cc2c([nH]c3ccccc23)[C@@H]2c3ccccc3C(=O)N21. The van der Waals surface area contributed by atoms with Crippen LogP contribution in [-0.2, 0) is 16.0 Å². The number of amides is 3. The fraction of sp³-hybridized carbons (Fsp3) is 0.370. The molecule has 0 saturated carbocycles. The number of carbonyl (C=O) groups is 3. The molecule has 3 N–H and O–H groups in total. The molecule has 2 aliphatic heterocycles. The van der Waals surface area contributed by atoms with Crippen LogP contribution >= 0.6 is 0 Å². The maximum absolute atomic E-state index is 13.5. The van der Waals surface area contributed by atoms with Crippen LogP contribution in [0, 0.1) is 5.92 Å². The lowest BCUT2D eigenvalue weighted by atomic mass is 9.90. The van der Waals surface area contributed by atoms with Crippen molar-refractivity contribution in [2.24, 2.45) is 5.92 Å². The molecule has 0 unspecified atom stereocenters. The minimum atomic E-state index is -0.706. The maximum atomic E-state index is 13.5. The number of rotatable bonds is 6. The van der Waals surface area contributed by atoms with Gasteiger partial charge in [-0.15, -0.1) is 0 Å². The minimum Gasteiger partial charge on any atom is -0.356 e. The first-order valence-corrected chi connectivity index (χ1v) is 12.0. The summed E-state index contributed by atoms with van der Waals surface area (Å²) < 4.78 is 0. The fourth-order valence-electron chi connectivity index (χ4n) is 5.15. The molecule has 3 heterocycles. The van der Waals surface area contributed by atoms with E-state index in [9.17, 15) is 14.4 Å². The molecule has 0 radical (unpaired) electrons. The molecule has 1 aromatic heterocycles. The number of H-pyrrole nitrogens is 1. The van der Waals surface area contributed by atoms with E-state index in [2.05, 4.69) is 29.5 Å². The first-order chi connectivity index (χ1) is 16.4. The predicted octanol–water partition coefficient (Wildman–Crippen LogP) is 3.30. The van der Waals surface area contributed by atoms with Gasteiger partial charge in [0.15, 0.2) is 0 Å². The summed E-state index contributed by atoms with van der Waals surface area (Å²) in [4.78, 5) is 44.7. The highest BCUT2D eigenvalue weighted by Gasteiger charge is 2.49. The monoisotopic (exact) mass is 458 g/mol. The van der Waals surface area contributed by atoms with Gasteiger partial charge in [0.2, 0.25) is 11.8 Å². The van der Waals surface area contributed by atoms with Crippen LogP contribution in [-0.4, -0.2) is 46.2 Å². The van der Waals surface area contributed by atoms with Gasteiger partial charge in [-0.05, 0) is 42.5 Å². The molecule has 5 rings (SSSR count). The van der Waals surface area contributed by atoms with Gasteiger partial charge in [-0.1, -0.05) is 50.2 Å². The molecule has 7 heteroatoms. The van der Waals surface area contributed by atoms with Gasteiger partial charge in [0.05, 0.1) is 6.04 Å². The summed E-state index contributed by atoms with van der Waals surface area (Å²) in [5, 5.41) is 6.81. The first kappa shape index (κ1) is 22.2. The summed E-state index contributed by atoms with van der Waals surface area (Å²) in [6, 6.07) is 13.8. The number of hydrogen-bond donors (Lipinski definition) is 3. The highest BCUT2D eigenvalue weighted by molar-refractivity contribution is 6.04. The Morgan fingerprint density at radius 1 is 1.09 bits per heavy atom. The molecule has 3 amide bonds. The lowest BCUT2D eigenvalue weighted by Gasteiger charge is -2.37. The number of para-hydroxylation sites is 1. The van der Waals surface area contributed by atoms with Crippen molar-refractivity contribution in [1.82, 2.24) is 20.5 Å². The van der Waals surface area contributed by atoms with Crippen molar-refractivity contribution in [1.29, 1.82) is 0 Å². The summed E-state index contributed by atoms with van der Waals surface area (Å²) >= 11 is 0. The van der Waals surface area contributed by atoms with Crippen LogP contribution < -0.4 is 10.6 Å². The Kier molecular flexibility index (Phi) is 5.63. The number of aromatic amines is 1. The maximum Gasteiger partial charge on any atom is 0.255 e. The van der Waals surface area contributed by atoms with Gasteiger partial charge in [-0.2, -0.15) is 0 Å².